The number of unbranched alkanes of at least 4 members (excludes halogenated alkanes) is 16. The van der Waals surface area contributed by atoms with Gasteiger partial charge < -0.3 is 24.4 Å². The van der Waals surface area contributed by atoms with E-state index in [0.29, 0.717) is 17.4 Å². The molecule has 2 N–H and O–H groups in total. The van der Waals surface area contributed by atoms with Gasteiger partial charge in [-0.15, -0.1) is 0 Å². The molecule has 4 atom stereocenters. The molecule has 2 rings (SSSR count). The predicted octanol–water partition coefficient (Wildman–Crippen LogP) is 5.81. The Bertz CT molecular complexity index is 1140. The van der Waals surface area contributed by atoms with Crippen LogP contribution in [-0.2, 0) is 30.5 Å². The lowest BCUT2D eigenvalue weighted by Crippen LogP contribution is -2.44. The van der Waals surface area contributed by atoms with Crippen molar-refractivity contribution in [2.24, 2.45) is 0 Å². The number of halogens is 1. The number of esters is 2. The van der Waals surface area contributed by atoms with Crippen LogP contribution < -0.4 is 11.2 Å². The second-order valence-corrected chi connectivity index (χ2v) is 12.5. The first-order valence-corrected chi connectivity index (χ1v) is 17.5. The highest BCUT2D eigenvalue weighted by molar-refractivity contribution is 5.69. The smallest absolute Gasteiger partial charge is 0.335 e. The van der Waals surface area contributed by atoms with E-state index in [4.69, 9.17) is 14.2 Å². The summed E-state index contributed by atoms with van der Waals surface area (Å²) in [6, 6.07) is 0.974. The van der Waals surface area contributed by atoms with Gasteiger partial charge in [0, 0.05) is 25.1 Å². The Morgan fingerprint density at radius 2 is 1.24 bits per heavy atom. The lowest BCUT2D eigenvalue weighted by Gasteiger charge is -2.22. The Labute approximate surface area is 272 Å². The molecule has 11 nitrogen and oxygen atoms in total. The lowest BCUT2D eigenvalue weighted by atomic mass is 10.1. The molecule has 0 saturated carbocycles. The third kappa shape index (κ3) is 13.7. The van der Waals surface area contributed by atoms with Gasteiger partial charge in [-0.1, -0.05) is 117 Å². The summed E-state index contributed by atoms with van der Waals surface area (Å²) < 4.78 is 32.2. The van der Waals surface area contributed by atoms with Gasteiger partial charge in [0.05, 0.1) is 0 Å². The average Bonchev–Trinajstić information content (AvgIpc) is 3.26. The number of carbonyl (C=O) groups is 2. The minimum atomic E-state index is -2.99. The standard InChI is InChI=1S/C34H57FN2O9/c1-3-5-7-9-11-13-15-17-19-21-28(39)44-25-34(35)31(42)30(41)32(46-34)36-24-23-27(38)37(33(36)43)26-45-29(40)22-20-18-16-14-12-10-8-6-4-2/h23-24,30-32,41-42H,3-22,25-26H2,1-2H3/t30-,31+,32-,34-/m1/s1. The first-order chi connectivity index (χ1) is 22.1. The van der Waals surface area contributed by atoms with Gasteiger partial charge in [-0.05, 0) is 12.8 Å². The molecule has 0 aromatic carbocycles. The number of aliphatic hydroxyl groups excluding tert-OH is 2. The van der Waals surface area contributed by atoms with Crippen LogP contribution in [0.15, 0.2) is 21.9 Å². The Balaban J connectivity index is 1.80. The van der Waals surface area contributed by atoms with Crippen molar-refractivity contribution in [3.05, 3.63) is 33.1 Å². The summed E-state index contributed by atoms with van der Waals surface area (Å²) in [5, 5.41) is 20.9. The maximum atomic E-state index is 15.5. The monoisotopic (exact) mass is 656 g/mol. The number of hydrogen-bond acceptors (Lipinski definition) is 9. The van der Waals surface area contributed by atoms with Crippen LogP contribution in [0, 0.1) is 0 Å². The van der Waals surface area contributed by atoms with Crippen LogP contribution in [0.3, 0.4) is 0 Å². The summed E-state index contributed by atoms with van der Waals surface area (Å²) in [7, 11) is 0. The largest absolute Gasteiger partial charge is 0.459 e. The maximum Gasteiger partial charge on any atom is 0.335 e. The Hall–Kier alpha value is -2.57. The third-order valence-electron chi connectivity index (χ3n) is 8.50. The second-order valence-electron chi connectivity index (χ2n) is 12.5. The quantitative estimate of drug-likeness (QED) is 0.0983. The summed E-state index contributed by atoms with van der Waals surface area (Å²) in [6.07, 6.45) is 14.8. The van der Waals surface area contributed by atoms with Gasteiger partial charge in [0.1, 0.15) is 12.2 Å². The zero-order valence-corrected chi connectivity index (χ0v) is 28.0. The van der Waals surface area contributed by atoms with E-state index >= 15 is 4.39 Å². The molecule has 12 heteroatoms. The van der Waals surface area contributed by atoms with Crippen LogP contribution in [0.4, 0.5) is 4.39 Å². The normalized spacial score (nSPS) is 21.0. The molecule has 0 bridgehead atoms. The highest BCUT2D eigenvalue weighted by atomic mass is 19.2. The Morgan fingerprint density at radius 1 is 0.783 bits per heavy atom. The van der Waals surface area contributed by atoms with Crippen molar-refractivity contribution in [3.8, 4) is 0 Å². The average molecular weight is 657 g/mol. The topological polar surface area (TPSA) is 146 Å². The number of nitrogens with zero attached hydrogens (tertiary/aromatic N) is 2. The second kappa shape index (κ2) is 22.1. The van der Waals surface area contributed by atoms with E-state index in [2.05, 4.69) is 13.8 Å². The zero-order valence-electron chi connectivity index (χ0n) is 28.0. The number of hydrogen-bond donors (Lipinski definition) is 2. The Kier molecular flexibility index (Phi) is 19.0. The molecule has 1 saturated heterocycles. The molecule has 0 unspecified atom stereocenters. The molecule has 264 valence electrons. The van der Waals surface area contributed by atoms with E-state index in [1.807, 2.05) is 0 Å². The molecular formula is C34H57FN2O9. The van der Waals surface area contributed by atoms with Gasteiger partial charge in [-0.2, -0.15) is 0 Å². The zero-order chi connectivity index (χ0) is 33.8. The Morgan fingerprint density at radius 3 is 1.74 bits per heavy atom. The van der Waals surface area contributed by atoms with E-state index in [1.54, 1.807) is 0 Å². The first-order valence-electron chi connectivity index (χ1n) is 17.5. The van der Waals surface area contributed by atoms with Gasteiger partial charge in [0.25, 0.3) is 11.4 Å². The fourth-order valence-electron chi connectivity index (χ4n) is 5.56. The lowest BCUT2D eigenvalue weighted by molar-refractivity contribution is -0.217. The minimum absolute atomic E-state index is 0.0796. The molecule has 1 aromatic rings. The van der Waals surface area contributed by atoms with Crippen molar-refractivity contribution in [3.63, 3.8) is 0 Å². The molecular weight excluding hydrogens is 599 g/mol. The third-order valence-corrected chi connectivity index (χ3v) is 8.50. The number of aliphatic hydroxyl groups is 2. The SMILES string of the molecule is CCCCCCCCCCCC(=O)OCn1c(=O)ccn([C@@H]2O[C@](F)(COC(=O)CCCCCCCCCCC)[C@@H](O)[C@H]2O)c1=O. The molecule has 2 heterocycles. The highest BCUT2D eigenvalue weighted by Crippen LogP contribution is 2.38. The van der Waals surface area contributed by atoms with Crippen molar-refractivity contribution in [2.75, 3.05) is 6.61 Å². The van der Waals surface area contributed by atoms with Crippen LogP contribution in [-0.4, -0.2) is 56.0 Å². The first kappa shape index (κ1) is 39.6. The van der Waals surface area contributed by atoms with Crippen molar-refractivity contribution in [1.29, 1.82) is 0 Å². The van der Waals surface area contributed by atoms with Gasteiger partial charge >= 0.3 is 17.6 Å². The maximum absolute atomic E-state index is 15.5. The van der Waals surface area contributed by atoms with Gasteiger partial charge in [-0.3, -0.25) is 19.0 Å². The van der Waals surface area contributed by atoms with Gasteiger partial charge in [0.2, 0.25) is 0 Å². The van der Waals surface area contributed by atoms with Gasteiger partial charge in [0.15, 0.2) is 19.6 Å². The number of alkyl halides is 1. The van der Waals surface area contributed by atoms with E-state index in [0.717, 1.165) is 55.4 Å². The summed E-state index contributed by atoms with van der Waals surface area (Å²) in [6.45, 7) is 2.70. The number of ether oxygens (including phenoxy) is 3. The molecule has 0 amide bonds. The fourth-order valence-corrected chi connectivity index (χ4v) is 5.56. The summed E-state index contributed by atoms with van der Waals surface area (Å²) in [5.74, 6) is -4.21. The summed E-state index contributed by atoms with van der Waals surface area (Å²) in [4.78, 5) is 49.8. The van der Waals surface area contributed by atoms with E-state index in [-0.39, 0.29) is 12.8 Å². The van der Waals surface area contributed by atoms with Crippen molar-refractivity contribution >= 4 is 11.9 Å². The number of aromatic nitrogens is 2. The van der Waals surface area contributed by atoms with Gasteiger partial charge in [-0.25, -0.2) is 13.8 Å². The van der Waals surface area contributed by atoms with Crippen molar-refractivity contribution < 1.29 is 38.4 Å². The summed E-state index contributed by atoms with van der Waals surface area (Å²) >= 11 is 0. The van der Waals surface area contributed by atoms with Crippen LogP contribution >= 0.6 is 0 Å². The predicted molar refractivity (Wildman–Crippen MR) is 172 cm³/mol. The van der Waals surface area contributed by atoms with Crippen molar-refractivity contribution in [1.82, 2.24) is 9.13 Å². The van der Waals surface area contributed by atoms with Crippen LogP contribution in [0.5, 0.6) is 0 Å². The summed E-state index contributed by atoms with van der Waals surface area (Å²) in [5.41, 5.74) is -1.81. The fraction of sp³-hybridized carbons (Fsp3) is 0.824. The molecule has 0 aliphatic carbocycles. The van der Waals surface area contributed by atoms with E-state index in [1.165, 1.54) is 64.2 Å². The number of carbonyl (C=O) groups excluding carboxylic acids is 2. The molecule has 0 radical (unpaired) electrons. The van der Waals surface area contributed by atoms with Crippen LogP contribution in [0.25, 0.3) is 0 Å². The number of rotatable bonds is 25. The molecule has 1 aliphatic heterocycles. The minimum Gasteiger partial charge on any atom is -0.459 e. The molecule has 0 spiro atoms. The highest BCUT2D eigenvalue weighted by Gasteiger charge is 2.57. The molecule has 1 aromatic heterocycles. The molecule has 1 fully saturated rings. The van der Waals surface area contributed by atoms with E-state index in [9.17, 15) is 29.4 Å². The van der Waals surface area contributed by atoms with Crippen LogP contribution in [0.1, 0.15) is 148 Å². The van der Waals surface area contributed by atoms with E-state index < -0.39 is 60.8 Å². The molecule has 1 aliphatic rings. The molecule has 46 heavy (non-hydrogen) atoms. The van der Waals surface area contributed by atoms with Crippen molar-refractivity contribution in [2.45, 2.75) is 173 Å². The van der Waals surface area contributed by atoms with Crippen LogP contribution in [0.2, 0.25) is 0 Å².